The Kier molecular flexibility index (Phi) is 4.27. The fourth-order valence-corrected chi connectivity index (χ4v) is 3.20. The molecule has 4 aromatic rings. The molecule has 1 atom stereocenters. The van der Waals surface area contributed by atoms with Gasteiger partial charge in [0.25, 0.3) is 0 Å². The van der Waals surface area contributed by atoms with Crippen molar-refractivity contribution in [2.75, 3.05) is 19.5 Å². The number of nitrogens with one attached hydrogen (secondary N) is 1. The van der Waals surface area contributed by atoms with E-state index in [2.05, 4.69) is 34.6 Å². The fourth-order valence-electron chi connectivity index (χ4n) is 3.20. The number of hydrogen-bond acceptors (Lipinski definition) is 6. The van der Waals surface area contributed by atoms with Crippen LogP contribution >= 0.6 is 0 Å². The number of ether oxygens (including phenoxy) is 2. The summed E-state index contributed by atoms with van der Waals surface area (Å²) in [4.78, 5) is 0. The Bertz CT molecular complexity index is 1110. The molecule has 7 nitrogen and oxygen atoms in total. The Hall–Kier alpha value is -3.35. The lowest BCUT2D eigenvalue weighted by Crippen LogP contribution is -2.11. The third-order valence-electron chi connectivity index (χ3n) is 4.67. The molecule has 2 heterocycles. The van der Waals surface area contributed by atoms with Gasteiger partial charge in [-0.2, -0.15) is 4.52 Å². The Morgan fingerprint density at radius 1 is 0.963 bits per heavy atom. The standard InChI is InChI=1S/C20H21N5O2/c1-12(14-8-6-5-7-9-14)21-19-15-10-17(26-3)18(27-4)11-16(15)20-23-22-13(2)25(20)24-19/h5-12H,1-4H3,(H,21,24). The summed E-state index contributed by atoms with van der Waals surface area (Å²) in [7, 11) is 3.24. The van der Waals surface area contributed by atoms with Crippen molar-refractivity contribution < 1.29 is 9.47 Å². The van der Waals surface area contributed by atoms with E-state index >= 15 is 0 Å². The number of nitrogens with zero attached hydrogens (tertiary/aromatic N) is 4. The van der Waals surface area contributed by atoms with Gasteiger partial charge in [0, 0.05) is 10.8 Å². The van der Waals surface area contributed by atoms with Crippen LogP contribution in [-0.4, -0.2) is 34.0 Å². The molecule has 0 spiro atoms. The topological polar surface area (TPSA) is 73.6 Å². The zero-order valence-corrected chi connectivity index (χ0v) is 15.7. The summed E-state index contributed by atoms with van der Waals surface area (Å²) in [6.07, 6.45) is 0. The third-order valence-corrected chi connectivity index (χ3v) is 4.67. The molecule has 0 saturated heterocycles. The van der Waals surface area contributed by atoms with Crippen LogP contribution in [0.5, 0.6) is 11.5 Å². The molecule has 0 radical (unpaired) electrons. The minimum absolute atomic E-state index is 0.0734. The number of benzene rings is 2. The van der Waals surface area contributed by atoms with Crippen LogP contribution in [0.3, 0.4) is 0 Å². The molecule has 2 aromatic carbocycles. The van der Waals surface area contributed by atoms with Crippen molar-refractivity contribution in [2.45, 2.75) is 19.9 Å². The second kappa shape index (κ2) is 6.75. The molecule has 27 heavy (non-hydrogen) atoms. The molecule has 7 heteroatoms. The van der Waals surface area contributed by atoms with Crippen LogP contribution in [0.25, 0.3) is 16.4 Å². The van der Waals surface area contributed by atoms with Crippen molar-refractivity contribution in [1.29, 1.82) is 0 Å². The Morgan fingerprint density at radius 2 is 1.63 bits per heavy atom. The Balaban J connectivity index is 1.93. The summed E-state index contributed by atoms with van der Waals surface area (Å²) in [5.41, 5.74) is 1.86. The van der Waals surface area contributed by atoms with Crippen LogP contribution in [0, 0.1) is 6.92 Å². The van der Waals surface area contributed by atoms with Crippen LogP contribution in [0.1, 0.15) is 24.4 Å². The lowest BCUT2D eigenvalue weighted by Gasteiger charge is -2.18. The second-order valence-corrected chi connectivity index (χ2v) is 6.36. The largest absolute Gasteiger partial charge is 0.493 e. The normalized spacial score (nSPS) is 12.3. The minimum Gasteiger partial charge on any atom is -0.493 e. The molecule has 4 rings (SSSR count). The SMILES string of the molecule is COc1cc2c(NC(C)c3ccccc3)nn3c(C)nnc3c2cc1OC. The van der Waals surface area contributed by atoms with Gasteiger partial charge >= 0.3 is 0 Å². The van der Waals surface area contributed by atoms with E-state index in [4.69, 9.17) is 14.6 Å². The molecule has 0 fully saturated rings. The van der Waals surface area contributed by atoms with Gasteiger partial charge in [0.2, 0.25) is 0 Å². The summed E-state index contributed by atoms with van der Waals surface area (Å²) < 4.78 is 12.7. The van der Waals surface area contributed by atoms with Gasteiger partial charge in [0.15, 0.2) is 28.8 Å². The molecular weight excluding hydrogens is 342 g/mol. The minimum atomic E-state index is 0.0734. The fraction of sp³-hybridized carbons (Fsp3) is 0.250. The highest BCUT2D eigenvalue weighted by Crippen LogP contribution is 2.37. The van der Waals surface area contributed by atoms with E-state index < -0.39 is 0 Å². The van der Waals surface area contributed by atoms with Crippen molar-refractivity contribution in [2.24, 2.45) is 0 Å². The van der Waals surface area contributed by atoms with E-state index in [-0.39, 0.29) is 6.04 Å². The monoisotopic (exact) mass is 363 g/mol. The Labute approximate surface area is 156 Å². The van der Waals surface area contributed by atoms with E-state index in [1.54, 1.807) is 18.7 Å². The Morgan fingerprint density at radius 3 is 2.30 bits per heavy atom. The smallest absolute Gasteiger partial charge is 0.185 e. The summed E-state index contributed by atoms with van der Waals surface area (Å²) in [5, 5.41) is 18.5. The van der Waals surface area contributed by atoms with Crippen LogP contribution in [0.15, 0.2) is 42.5 Å². The number of anilines is 1. The molecule has 0 amide bonds. The van der Waals surface area contributed by atoms with Crippen LogP contribution < -0.4 is 14.8 Å². The summed E-state index contributed by atoms with van der Waals surface area (Å²) in [5.74, 6) is 2.73. The predicted molar refractivity (Wildman–Crippen MR) is 105 cm³/mol. The molecule has 2 aromatic heterocycles. The molecule has 0 aliphatic heterocycles. The zero-order chi connectivity index (χ0) is 19.0. The van der Waals surface area contributed by atoms with Gasteiger partial charge < -0.3 is 14.8 Å². The third kappa shape index (κ3) is 2.91. The first-order chi connectivity index (χ1) is 13.1. The van der Waals surface area contributed by atoms with Crippen LogP contribution in [0.2, 0.25) is 0 Å². The maximum Gasteiger partial charge on any atom is 0.185 e. The molecule has 1 N–H and O–H groups in total. The van der Waals surface area contributed by atoms with Crippen molar-refractivity contribution in [3.8, 4) is 11.5 Å². The number of rotatable bonds is 5. The molecule has 0 saturated carbocycles. The highest BCUT2D eigenvalue weighted by Gasteiger charge is 2.18. The highest BCUT2D eigenvalue weighted by molar-refractivity contribution is 6.02. The maximum atomic E-state index is 5.48. The first kappa shape index (κ1) is 17.1. The van der Waals surface area contributed by atoms with Crippen molar-refractivity contribution in [3.63, 3.8) is 0 Å². The number of methoxy groups -OCH3 is 2. The number of fused-ring (bicyclic) bond motifs is 3. The average molecular weight is 363 g/mol. The van der Waals surface area contributed by atoms with Gasteiger partial charge in [0.1, 0.15) is 0 Å². The lowest BCUT2D eigenvalue weighted by atomic mass is 10.1. The van der Waals surface area contributed by atoms with Gasteiger partial charge in [-0.3, -0.25) is 0 Å². The van der Waals surface area contributed by atoms with E-state index in [1.165, 1.54) is 5.56 Å². The maximum absolute atomic E-state index is 5.48. The first-order valence-corrected chi connectivity index (χ1v) is 8.71. The van der Waals surface area contributed by atoms with E-state index in [0.29, 0.717) is 17.1 Å². The molecule has 138 valence electrons. The number of aromatic nitrogens is 4. The average Bonchev–Trinajstić information content (AvgIpc) is 3.08. The predicted octanol–water partition coefficient (Wildman–Crippen LogP) is 3.78. The van der Waals surface area contributed by atoms with E-state index in [1.807, 2.05) is 37.3 Å². The van der Waals surface area contributed by atoms with Crippen molar-refractivity contribution in [3.05, 3.63) is 53.9 Å². The van der Waals surface area contributed by atoms with Gasteiger partial charge in [-0.05, 0) is 31.5 Å². The van der Waals surface area contributed by atoms with Gasteiger partial charge in [0.05, 0.1) is 20.3 Å². The molecule has 0 bridgehead atoms. The molecule has 0 aliphatic carbocycles. The van der Waals surface area contributed by atoms with E-state index in [0.717, 1.165) is 22.4 Å². The molecular formula is C20H21N5O2. The summed E-state index contributed by atoms with van der Waals surface area (Å²) >= 11 is 0. The van der Waals surface area contributed by atoms with Crippen LogP contribution in [0.4, 0.5) is 5.82 Å². The van der Waals surface area contributed by atoms with Gasteiger partial charge in [-0.1, -0.05) is 30.3 Å². The quantitative estimate of drug-likeness (QED) is 0.582. The summed E-state index contributed by atoms with van der Waals surface area (Å²) in [6, 6.07) is 14.2. The molecule has 0 aliphatic rings. The zero-order valence-electron chi connectivity index (χ0n) is 15.7. The van der Waals surface area contributed by atoms with Crippen molar-refractivity contribution in [1.82, 2.24) is 19.8 Å². The molecule has 1 unspecified atom stereocenters. The van der Waals surface area contributed by atoms with Crippen molar-refractivity contribution >= 4 is 22.2 Å². The van der Waals surface area contributed by atoms with Gasteiger partial charge in [-0.15, -0.1) is 15.3 Å². The summed E-state index contributed by atoms with van der Waals surface area (Å²) in [6.45, 7) is 3.98. The van der Waals surface area contributed by atoms with Gasteiger partial charge in [-0.25, -0.2) is 0 Å². The first-order valence-electron chi connectivity index (χ1n) is 8.71. The van der Waals surface area contributed by atoms with Crippen LogP contribution in [-0.2, 0) is 0 Å². The van der Waals surface area contributed by atoms with E-state index in [9.17, 15) is 0 Å². The second-order valence-electron chi connectivity index (χ2n) is 6.36. The highest BCUT2D eigenvalue weighted by atomic mass is 16.5. The number of aryl methyl sites for hydroxylation is 1. The lowest BCUT2D eigenvalue weighted by molar-refractivity contribution is 0.356. The number of hydrogen-bond donors (Lipinski definition) is 1.